The van der Waals surface area contributed by atoms with Gasteiger partial charge in [-0.05, 0) is 30.5 Å². The van der Waals surface area contributed by atoms with Crippen LogP contribution in [0.2, 0.25) is 5.15 Å². The Morgan fingerprint density at radius 3 is 2.96 bits per heavy atom. The minimum atomic E-state index is -0.988. The molecule has 3 aromatic rings. The second-order valence-electron chi connectivity index (χ2n) is 5.45. The van der Waals surface area contributed by atoms with Gasteiger partial charge in [0.25, 0.3) is 5.91 Å². The van der Waals surface area contributed by atoms with E-state index in [-0.39, 0.29) is 18.0 Å². The topological polar surface area (TPSA) is 107 Å². The number of carbonyl (C=O) groups is 2. The number of thiophene rings is 1. The minimum Gasteiger partial charge on any atom is -0.453 e. The predicted molar refractivity (Wildman–Crippen MR) is 99.4 cm³/mol. The molecule has 0 unspecified atom stereocenters. The number of anilines is 1. The zero-order valence-electron chi connectivity index (χ0n) is 14.2. The van der Waals surface area contributed by atoms with Crippen LogP contribution in [0.15, 0.2) is 40.4 Å². The summed E-state index contributed by atoms with van der Waals surface area (Å²) in [5.41, 5.74) is 0.346. The van der Waals surface area contributed by atoms with Crippen molar-refractivity contribution in [2.24, 2.45) is 0 Å². The number of rotatable bonds is 7. The van der Waals surface area contributed by atoms with Crippen molar-refractivity contribution < 1.29 is 18.8 Å². The van der Waals surface area contributed by atoms with Gasteiger partial charge in [-0.15, -0.1) is 11.3 Å². The molecule has 0 saturated carbocycles. The summed E-state index contributed by atoms with van der Waals surface area (Å²) in [7, 11) is 0. The van der Waals surface area contributed by atoms with Gasteiger partial charge in [0.1, 0.15) is 0 Å². The van der Waals surface area contributed by atoms with E-state index in [9.17, 15) is 9.59 Å². The average molecular weight is 407 g/mol. The van der Waals surface area contributed by atoms with Gasteiger partial charge >= 0.3 is 5.97 Å². The Labute approximate surface area is 163 Å². The maximum Gasteiger partial charge on any atom is 0.307 e. The molecule has 0 bridgehead atoms. The first-order valence-electron chi connectivity index (χ1n) is 8.00. The summed E-state index contributed by atoms with van der Waals surface area (Å²) in [5.74, 6) is -0.245. The van der Waals surface area contributed by atoms with Crippen molar-refractivity contribution in [3.8, 4) is 10.7 Å². The van der Waals surface area contributed by atoms with E-state index >= 15 is 0 Å². The van der Waals surface area contributed by atoms with Crippen molar-refractivity contribution in [3.63, 3.8) is 0 Å². The van der Waals surface area contributed by atoms with Crippen molar-refractivity contribution >= 4 is 40.5 Å². The highest BCUT2D eigenvalue weighted by molar-refractivity contribution is 7.13. The highest BCUT2D eigenvalue weighted by atomic mass is 35.5. The van der Waals surface area contributed by atoms with E-state index in [1.54, 1.807) is 12.1 Å². The number of ether oxygens (including phenoxy) is 1. The maximum absolute atomic E-state index is 12.1. The number of nitrogens with zero attached hydrogens (tertiary/aromatic N) is 3. The molecule has 0 spiro atoms. The number of carbonyl (C=O) groups excluding carboxylic acids is 2. The molecule has 3 heterocycles. The molecule has 1 N–H and O–H groups in total. The maximum atomic E-state index is 12.1. The summed E-state index contributed by atoms with van der Waals surface area (Å²) in [6, 6.07) is 7.00. The molecule has 0 aromatic carbocycles. The lowest BCUT2D eigenvalue weighted by Crippen LogP contribution is -2.30. The first-order chi connectivity index (χ1) is 13.0. The second-order valence-corrected chi connectivity index (χ2v) is 6.76. The van der Waals surface area contributed by atoms with Crippen molar-refractivity contribution in [2.45, 2.75) is 25.9 Å². The molecule has 0 aliphatic carbocycles. The minimum absolute atomic E-state index is 0.0113. The third-order valence-corrected chi connectivity index (χ3v) is 4.61. The van der Waals surface area contributed by atoms with E-state index in [0.717, 1.165) is 4.88 Å². The number of aromatic nitrogens is 3. The Kier molecular flexibility index (Phi) is 6.15. The fraction of sp³-hybridized carbons (Fsp3) is 0.235. The van der Waals surface area contributed by atoms with Crippen molar-refractivity contribution in [2.75, 3.05) is 5.32 Å². The Hall–Kier alpha value is -2.78. The zero-order valence-corrected chi connectivity index (χ0v) is 15.8. The van der Waals surface area contributed by atoms with Gasteiger partial charge in [0, 0.05) is 12.6 Å². The van der Waals surface area contributed by atoms with E-state index in [1.807, 2.05) is 17.5 Å². The van der Waals surface area contributed by atoms with Gasteiger partial charge in [-0.2, -0.15) is 4.98 Å². The molecule has 140 valence electrons. The van der Waals surface area contributed by atoms with Crippen molar-refractivity contribution in [1.82, 2.24) is 15.1 Å². The average Bonchev–Trinajstić information content (AvgIpc) is 3.33. The molecular weight excluding hydrogens is 392 g/mol. The van der Waals surface area contributed by atoms with E-state index in [0.29, 0.717) is 17.4 Å². The van der Waals surface area contributed by atoms with Gasteiger partial charge in [0.2, 0.25) is 11.7 Å². The Morgan fingerprint density at radius 2 is 2.22 bits per heavy atom. The van der Waals surface area contributed by atoms with E-state index < -0.39 is 18.0 Å². The van der Waals surface area contributed by atoms with Crippen LogP contribution in [0.25, 0.3) is 10.7 Å². The summed E-state index contributed by atoms with van der Waals surface area (Å²) in [4.78, 5) is 33.0. The largest absolute Gasteiger partial charge is 0.453 e. The summed E-state index contributed by atoms with van der Waals surface area (Å²) >= 11 is 7.37. The molecule has 0 saturated heterocycles. The SMILES string of the molecule is C[C@H](OC(=O)CCc1nc(-c2cccs2)no1)C(=O)Nc1cccnc1Cl. The number of amides is 1. The van der Waals surface area contributed by atoms with Gasteiger partial charge in [0.05, 0.1) is 17.0 Å². The fourth-order valence-electron chi connectivity index (χ4n) is 2.09. The molecule has 8 nitrogen and oxygen atoms in total. The monoisotopic (exact) mass is 406 g/mol. The molecule has 1 amide bonds. The quantitative estimate of drug-likeness (QED) is 0.473. The number of halogens is 1. The Balaban J connectivity index is 1.47. The lowest BCUT2D eigenvalue weighted by atomic mass is 10.3. The van der Waals surface area contributed by atoms with Crippen LogP contribution in [-0.2, 0) is 20.7 Å². The van der Waals surface area contributed by atoms with E-state index in [1.165, 1.54) is 24.5 Å². The number of nitrogens with one attached hydrogen (secondary N) is 1. The summed E-state index contributed by atoms with van der Waals surface area (Å²) in [6.07, 6.45) is 0.748. The van der Waals surface area contributed by atoms with Gasteiger partial charge in [-0.1, -0.05) is 22.8 Å². The lowest BCUT2D eigenvalue weighted by molar-refractivity contribution is -0.153. The van der Waals surface area contributed by atoms with Crippen LogP contribution in [0.3, 0.4) is 0 Å². The first-order valence-corrected chi connectivity index (χ1v) is 9.26. The number of hydrogen-bond acceptors (Lipinski definition) is 8. The van der Waals surface area contributed by atoms with Crippen LogP contribution in [0.5, 0.6) is 0 Å². The molecule has 3 aromatic heterocycles. The van der Waals surface area contributed by atoms with E-state index in [4.69, 9.17) is 20.9 Å². The van der Waals surface area contributed by atoms with Crippen LogP contribution in [0.1, 0.15) is 19.2 Å². The number of hydrogen-bond donors (Lipinski definition) is 1. The second kappa shape index (κ2) is 8.74. The van der Waals surface area contributed by atoms with Crippen LogP contribution >= 0.6 is 22.9 Å². The Morgan fingerprint density at radius 1 is 1.37 bits per heavy atom. The molecule has 0 radical (unpaired) electrons. The first kappa shape index (κ1) is 19.0. The van der Waals surface area contributed by atoms with Gasteiger partial charge in [-0.3, -0.25) is 9.59 Å². The van der Waals surface area contributed by atoms with Crippen molar-refractivity contribution in [1.29, 1.82) is 0 Å². The smallest absolute Gasteiger partial charge is 0.307 e. The summed E-state index contributed by atoms with van der Waals surface area (Å²) < 4.78 is 10.2. The van der Waals surface area contributed by atoms with Crippen molar-refractivity contribution in [3.05, 3.63) is 46.9 Å². The molecule has 0 aliphatic heterocycles. The van der Waals surface area contributed by atoms with Gasteiger partial charge < -0.3 is 14.6 Å². The molecule has 0 aliphatic rings. The summed E-state index contributed by atoms with van der Waals surface area (Å²) in [6.45, 7) is 1.47. The van der Waals surface area contributed by atoms with Crippen LogP contribution in [0.4, 0.5) is 5.69 Å². The third kappa shape index (κ3) is 5.11. The molecule has 27 heavy (non-hydrogen) atoms. The molecule has 0 fully saturated rings. The number of aryl methyl sites for hydroxylation is 1. The summed E-state index contributed by atoms with van der Waals surface area (Å²) in [5, 5.41) is 8.49. The number of pyridine rings is 1. The normalized spacial score (nSPS) is 11.8. The van der Waals surface area contributed by atoms with Gasteiger partial charge in [-0.25, -0.2) is 4.98 Å². The van der Waals surface area contributed by atoms with Gasteiger partial charge in [0.15, 0.2) is 11.3 Å². The molecule has 3 rings (SSSR count). The van der Waals surface area contributed by atoms with Crippen LogP contribution in [0, 0.1) is 0 Å². The third-order valence-electron chi connectivity index (χ3n) is 3.45. The fourth-order valence-corrected chi connectivity index (χ4v) is 2.91. The van der Waals surface area contributed by atoms with Crippen LogP contribution < -0.4 is 5.32 Å². The highest BCUT2D eigenvalue weighted by Crippen LogP contribution is 2.21. The van der Waals surface area contributed by atoms with Crippen LogP contribution in [-0.4, -0.2) is 33.1 Å². The predicted octanol–water partition coefficient (Wildman–Crippen LogP) is 3.35. The number of esters is 1. The van der Waals surface area contributed by atoms with E-state index in [2.05, 4.69) is 20.4 Å². The molecule has 1 atom stereocenters. The zero-order chi connectivity index (χ0) is 19.2. The molecular formula is C17H15ClN4O4S. The lowest BCUT2D eigenvalue weighted by Gasteiger charge is -2.13. The highest BCUT2D eigenvalue weighted by Gasteiger charge is 2.20. The molecule has 10 heteroatoms. The standard InChI is InChI=1S/C17H15ClN4O4S/c1-10(17(24)20-11-4-2-8-19-15(11)18)25-14(23)7-6-13-21-16(22-26-13)12-5-3-9-27-12/h2-5,8-10H,6-7H2,1H3,(H,20,24)/t10-/m0/s1. The Bertz CT molecular complexity index is 929.